The highest BCUT2D eigenvalue weighted by molar-refractivity contribution is 5.86. The summed E-state index contributed by atoms with van der Waals surface area (Å²) in [6.07, 6.45) is 4.63. The standard InChI is InChI=1S/C35H44O5/c1-5-7-18-35(24-36,25-37)19-21-39-33-16-14-30(23-31(33)17-20-40-34(38)26(3)4)32-15-13-29(22-27(32)6-2)28-11-9-8-10-12-28/h8-16,22-23,36-37H,3,5-7,17-21,24-25H2,1-2,4H3. The molecule has 0 saturated heterocycles. The zero-order valence-corrected chi connectivity index (χ0v) is 24.2. The number of benzene rings is 3. The molecule has 0 spiro atoms. The molecule has 3 rings (SSSR count). The van der Waals surface area contributed by atoms with Gasteiger partial charge in [0.1, 0.15) is 5.75 Å². The van der Waals surface area contributed by atoms with Crippen molar-refractivity contribution in [1.82, 2.24) is 0 Å². The van der Waals surface area contributed by atoms with Crippen LogP contribution in [0.2, 0.25) is 0 Å². The summed E-state index contributed by atoms with van der Waals surface area (Å²) >= 11 is 0. The molecule has 40 heavy (non-hydrogen) atoms. The maximum absolute atomic E-state index is 12.0. The topological polar surface area (TPSA) is 76.0 Å². The number of aliphatic hydroxyl groups excluding tert-OH is 2. The Hall–Kier alpha value is -3.41. The Kier molecular flexibility index (Phi) is 12.0. The van der Waals surface area contributed by atoms with E-state index >= 15 is 0 Å². The van der Waals surface area contributed by atoms with Crippen molar-refractivity contribution in [2.24, 2.45) is 5.41 Å². The highest BCUT2D eigenvalue weighted by Crippen LogP contribution is 2.34. The smallest absolute Gasteiger partial charge is 0.333 e. The van der Waals surface area contributed by atoms with Gasteiger partial charge in [-0.1, -0.05) is 87.9 Å². The van der Waals surface area contributed by atoms with Crippen molar-refractivity contribution in [3.63, 3.8) is 0 Å². The monoisotopic (exact) mass is 544 g/mol. The molecule has 0 aromatic heterocycles. The molecule has 0 bridgehead atoms. The number of carbonyl (C=O) groups is 1. The lowest BCUT2D eigenvalue weighted by atomic mass is 9.81. The van der Waals surface area contributed by atoms with E-state index in [0.717, 1.165) is 42.4 Å². The summed E-state index contributed by atoms with van der Waals surface area (Å²) in [5, 5.41) is 20.0. The van der Waals surface area contributed by atoms with Gasteiger partial charge in [-0.3, -0.25) is 0 Å². The fourth-order valence-electron chi connectivity index (χ4n) is 4.86. The normalized spacial score (nSPS) is 11.3. The van der Waals surface area contributed by atoms with Crippen LogP contribution in [0, 0.1) is 5.41 Å². The number of ether oxygens (including phenoxy) is 2. The zero-order valence-electron chi connectivity index (χ0n) is 24.2. The molecule has 0 fully saturated rings. The first-order valence-electron chi connectivity index (χ1n) is 14.3. The molecule has 0 aliphatic carbocycles. The lowest BCUT2D eigenvalue weighted by Crippen LogP contribution is -2.32. The maximum atomic E-state index is 12.0. The molecule has 3 aromatic rings. The summed E-state index contributed by atoms with van der Waals surface area (Å²) in [7, 11) is 0. The van der Waals surface area contributed by atoms with Gasteiger partial charge in [0.25, 0.3) is 0 Å². The second-order valence-corrected chi connectivity index (χ2v) is 10.6. The van der Waals surface area contributed by atoms with Gasteiger partial charge >= 0.3 is 5.97 Å². The van der Waals surface area contributed by atoms with Gasteiger partial charge in [-0.2, -0.15) is 0 Å². The highest BCUT2D eigenvalue weighted by Gasteiger charge is 2.28. The average Bonchev–Trinajstić information content (AvgIpc) is 2.99. The van der Waals surface area contributed by atoms with Crippen LogP contribution in [0.3, 0.4) is 0 Å². The quantitative estimate of drug-likeness (QED) is 0.148. The second kappa shape index (κ2) is 15.4. The van der Waals surface area contributed by atoms with E-state index in [-0.39, 0.29) is 19.8 Å². The van der Waals surface area contributed by atoms with Crippen LogP contribution in [-0.4, -0.2) is 42.6 Å². The summed E-state index contributed by atoms with van der Waals surface area (Å²) in [6, 6.07) is 23.1. The minimum atomic E-state index is -0.552. The summed E-state index contributed by atoms with van der Waals surface area (Å²) < 4.78 is 11.6. The lowest BCUT2D eigenvalue weighted by Gasteiger charge is -2.30. The fourth-order valence-corrected chi connectivity index (χ4v) is 4.86. The predicted molar refractivity (Wildman–Crippen MR) is 162 cm³/mol. The van der Waals surface area contributed by atoms with Crippen LogP contribution in [-0.2, 0) is 22.4 Å². The molecule has 0 radical (unpaired) electrons. The van der Waals surface area contributed by atoms with Crippen molar-refractivity contribution >= 4 is 5.97 Å². The minimum Gasteiger partial charge on any atom is -0.493 e. The SMILES string of the molecule is C=C(C)C(=O)OCCc1cc(-c2ccc(-c3ccccc3)cc2CC)ccc1OCCC(CO)(CO)CCCC. The number of esters is 1. The van der Waals surface area contributed by atoms with E-state index in [1.54, 1.807) is 6.92 Å². The predicted octanol–water partition coefficient (Wildman–Crippen LogP) is 7.17. The molecular weight excluding hydrogens is 500 g/mol. The van der Waals surface area contributed by atoms with Crippen LogP contribution >= 0.6 is 0 Å². The molecule has 0 aliphatic rings. The highest BCUT2D eigenvalue weighted by atomic mass is 16.5. The van der Waals surface area contributed by atoms with Crippen LogP contribution in [0.4, 0.5) is 0 Å². The van der Waals surface area contributed by atoms with Gasteiger partial charge in [0.05, 0.1) is 26.4 Å². The molecular formula is C35H44O5. The third-order valence-electron chi connectivity index (χ3n) is 7.54. The first kappa shape index (κ1) is 31.1. The molecule has 5 nitrogen and oxygen atoms in total. The third kappa shape index (κ3) is 8.30. The van der Waals surface area contributed by atoms with E-state index in [0.29, 0.717) is 30.8 Å². The molecule has 2 N–H and O–H groups in total. The van der Waals surface area contributed by atoms with Crippen LogP contribution in [0.1, 0.15) is 57.6 Å². The van der Waals surface area contributed by atoms with Crippen molar-refractivity contribution < 1.29 is 24.5 Å². The average molecular weight is 545 g/mol. The van der Waals surface area contributed by atoms with Crippen molar-refractivity contribution in [1.29, 1.82) is 0 Å². The minimum absolute atomic E-state index is 0.0751. The molecule has 0 saturated carbocycles. The van der Waals surface area contributed by atoms with Gasteiger partial charge in [-0.25, -0.2) is 4.79 Å². The third-order valence-corrected chi connectivity index (χ3v) is 7.54. The van der Waals surface area contributed by atoms with Crippen molar-refractivity contribution in [2.45, 2.75) is 59.3 Å². The van der Waals surface area contributed by atoms with Crippen LogP contribution in [0.15, 0.2) is 78.9 Å². The lowest BCUT2D eigenvalue weighted by molar-refractivity contribution is -0.138. The fraction of sp³-hybridized carbons (Fsp3) is 0.400. The largest absolute Gasteiger partial charge is 0.493 e. The molecule has 0 atom stereocenters. The molecule has 0 unspecified atom stereocenters. The molecule has 0 aliphatic heterocycles. The number of carbonyl (C=O) groups excluding carboxylic acids is 1. The molecule has 0 heterocycles. The van der Waals surface area contributed by atoms with Gasteiger partial charge in [-0.05, 0) is 71.7 Å². The number of unbranched alkanes of at least 4 members (excludes halogenated alkanes) is 1. The number of rotatable bonds is 16. The maximum Gasteiger partial charge on any atom is 0.333 e. The van der Waals surface area contributed by atoms with E-state index in [1.807, 2.05) is 12.1 Å². The van der Waals surface area contributed by atoms with E-state index in [9.17, 15) is 15.0 Å². The Morgan fingerprint density at radius 3 is 2.20 bits per heavy atom. The number of aliphatic hydroxyl groups is 2. The zero-order chi connectivity index (χ0) is 29.0. The van der Waals surface area contributed by atoms with E-state index < -0.39 is 11.4 Å². The second-order valence-electron chi connectivity index (χ2n) is 10.6. The number of hydrogen-bond acceptors (Lipinski definition) is 5. The Balaban J connectivity index is 1.87. The molecule has 3 aromatic carbocycles. The van der Waals surface area contributed by atoms with Gasteiger partial charge in [0.15, 0.2) is 0 Å². The Bertz CT molecular complexity index is 1240. The molecule has 0 amide bonds. The Morgan fingerprint density at radius 2 is 1.55 bits per heavy atom. The van der Waals surface area contributed by atoms with E-state index in [2.05, 4.69) is 75.0 Å². The van der Waals surface area contributed by atoms with Gasteiger partial charge in [0.2, 0.25) is 0 Å². The van der Waals surface area contributed by atoms with Crippen LogP contribution < -0.4 is 4.74 Å². The molecule has 5 heteroatoms. The van der Waals surface area contributed by atoms with Crippen molar-refractivity contribution in [3.05, 3.63) is 90.0 Å². The first-order valence-corrected chi connectivity index (χ1v) is 14.3. The van der Waals surface area contributed by atoms with Crippen LogP contribution in [0.5, 0.6) is 5.75 Å². The molecule has 214 valence electrons. The first-order chi connectivity index (χ1) is 19.4. The van der Waals surface area contributed by atoms with Crippen LogP contribution in [0.25, 0.3) is 22.3 Å². The van der Waals surface area contributed by atoms with Gasteiger partial charge < -0.3 is 19.7 Å². The number of aryl methyl sites for hydroxylation is 1. The van der Waals surface area contributed by atoms with E-state index in [1.165, 1.54) is 16.7 Å². The summed E-state index contributed by atoms with van der Waals surface area (Å²) in [5.74, 6) is 0.310. The summed E-state index contributed by atoms with van der Waals surface area (Å²) in [4.78, 5) is 12.0. The van der Waals surface area contributed by atoms with Crippen molar-refractivity contribution in [3.8, 4) is 28.0 Å². The summed E-state index contributed by atoms with van der Waals surface area (Å²) in [5.41, 5.74) is 6.62. The van der Waals surface area contributed by atoms with E-state index in [4.69, 9.17) is 9.47 Å². The van der Waals surface area contributed by atoms with Gasteiger partial charge in [-0.15, -0.1) is 0 Å². The Morgan fingerprint density at radius 1 is 0.850 bits per heavy atom. The number of hydrogen-bond donors (Lipinski definition) is 2. The van der Waals surface area contributed by atoms with Gasteiger partial charge in [0, 0.05) is 17.4 Å². The Labute approximate surface area is 239 Å². The van der Waals surface area contributed by atoms with Crippen molar-refractivity contribution in [2.75, 3.05) is 26.4 Å². The summed E-state index contributed by atoms with van der Waals surface area (Å²) in [6.45, 7) is 9.99.